The van der Waals surface area contributed by atoms with Crippen LogP contribution in [0, 0.1) is 0 Å². The first-order valence-corrected chi connectivity index (χ1v) is 7.33. The maximum Gasteiger partial charge on any atom is 0.161 e. The van der Waals surface area contributed by atoms with Crippen LogP contribution < -0.4 is 9.47 Å². The fraction of sp³-hybridized carbons (Fsp3) is 0.538. The van der Waals surface area contributed by atoms with Crippen LogP contribution in [0.3, 0.4) is 0 Å². The molecule has 1 aromatic rings. The first-order chi connectivity index (χ1) is 9.15. The van der Waals surface area contributed by atoms with Crippen molar-refractivity contribution in [3.8, 4) is 11.5 Å². The van der Waals surface area contributed by atoms with E-state index in [0.717, 1.165) is 0 Å². The third kappa shape index (κ3) is 3.26. The lowest BCUT2D eigenvalue weighted by Gasteiger charge is -2.28. The Labute approximate surface area is 115 Å². The molecule has 1 aromatic carbocycles. The Morgan fingerprint density at radius 3 is 2.42 bits per heavy atom. The Morgan fingerprint density at radius 2 is 1.84 bits per heavy atom. The molecule has 1 aliphatic rings. The lowest BCUT2D eigenvalue weighted by atomic mass is 10.1. The van der Waals surface area contributed by atoms with Crippen LogP contribution in [-0.2, 0) is 11.0 Å². The van der Waals surface area contributed by atoms with Gasteiger partial charge in [0.25, 0.3) is 0 Å². The number of hydrogen-bond acceptors (Lipinski definition) is 4. The summed E-state index contributed by atoms with van der Waals surface area (Å²) in [6.07, 6.45) is 1.07. The molecule has 106 valence electrons. The smallest absolute Gasteiger partial charge is 0.161 e. The second-order valence-corrected chi connectivity index (χ2v) is 5.91. The molecule has 0 aromatic heterocycles. The molecule has 19 heavy (non-hydrogen) atoms. The minimum atomic E-state index is -1.22. The summed E-state index contributed by atoms with van der Waals surface area (Å²) >= 11 is 0. The summed E-state index contributed by atoms with van der Waals surface area (Å²) in [6.45, 7) is 1.28. The minimum absolute atomic E-state index is 0.265. The Hall–Kier alpha value is -1.11. The van der Waals surface area contributed by atoms with E-state index >= 15 is 0 Å². The standard InChI is InChI=1S/C13H19NO4S/c1-17-12-4-3-11(9-13(12)18-2)19(16)14-7-5-10(15)6-8-14/h3-4,9-10,15H,5-8H2,1-2H3. The Balaban J connectivity index is 2.15. The SMILES string of the molecule is COc1ccc(S(=O)N2CCC(O)CC2)cc1OC. The van der Waals surface area contributed by atoms with Gasteiger partial charge in [-0.3, -0.25) is 0 Å². The summed E-state index contributed by atoms with van der Waals surface area (Å²) in [5, 5.41) is 9.47. The van der Waals surface area contributed by atoms with E-state index in [2.05, 4.69) is 0 Å². The molecule has 1 atom stereocenters. The van der Waals surface area contributed by atoms with Crippen molar-refractivity contribution >= 4 is 11.0 Å². The molecule has 1 aliphatic heterocycles. The topological polar surface area (TPSA) is 59.0 Å². The van der Waals surface area contributed by atoms with Gasteiger partial charge in [0.2, 0.25) is 0 Å². The van der Waals surface area contributed by atoms with Crippen LogP contribution in [0.15, 0.2) is 23.1 Å². The molecule has 0 spiro atoms. The van der Waals surface area contributed by atoms with Crippen LogP contribution in [-0.4, -0.2) is 47.0 Å². The Bertz CT molecular complexity index is 458. The summed E-state index contributed by atoms with van der Waals surface area (Å²) < 4.78 is 24.7. The van der Waals surface area contributed by atoms with Crippen molar-refractivity contribution in [1.29, 1.82) is 0 Å². The van der Waals surface area contributed by atoms with Gasteiger partial charge in [0.05, 0.1) is 25.2 Å². The summed E-state index contributed by atoms with van der Waals surface area (Å²) in [4.78, 5) is 0.689. The number of nitrogens with zero attached hydrogens (tertiary/aromatic N) is 1. The molecule has 1 saturated heterocycles. The van der Waals surface area contributed by atoms with Crippen molar-refractivity contribution in [2.75, 3.05) is 27.3 Å². The molecule has 0 amide bonds. The number of ether oxygens (including phenoxy) is 2. The highest BCUT2D eigenvalue weighted by molar-refractivity contribution is 7.82. The van der Waals surface area contributed by atoms with Gasteiger partial charge in [-0.15, -0.1) is 0 Å². The van der Waals surface area contributed by atoms with Crippen molar-refractivity contribution in [3.63, 3.8) is 0 Å². The Kier molecular flexibility index (Phi) is 4.79. The summed E-state index contributed by atoms with van der Waals surface area (Å²) in [7, 11) is 1.91. The Morgan fingerprint density at radius 1 is 1.21 bits per heavy atom. The summed E-state index contributed by atoms with van der Waals surface area (Å²) in [5.74, 6) is 1.20. The van der Waals surface area contributed by atoms with Gasteiger partial charge in [-0.2, -0.15) is 0 Å². The number of methoxy groups -OCH3 is 2. The molecule has 1 heterocycles. The van der Waals surface area contributed by atoms with Gasteiger partial charge in [-0.05, 0) is 25.0 Å². The van der Waals surface area contributed by atoms with Gasteiger partial charge >= 0.3 is 0 Å². The van der Waals surface area contributed by atoms with Crippen LogP contribution in [0.5, 0.6) is 11.5 Å². The van der Waals surface area contributed by atoms with E-state index in [1.54, 1.807) is 32.4 Å². The van der Waals surface area contributed by atoms with Crippen LogP contribution in [0.1, 0.15) is 12.8 Å². The number of aliphatic hydroxyl groups excluding tert-OH is 1. The van der Waals surface area contributed by atoms with Crippen LogP contribution >= 0.6 is 0 Å². The zero-order chi connectivity index (χ0) is 13.8. The van der Waals surface area contributed by atoms with E-state index in [0.29, 0.717) is 42.3 Å². The molecule has 6 heteroatoms. The van der Waals surface area contributed by atoms with Crippen molar-refractivity contribution in [1.82, 2.24) is 4.31 Å². The normalized spacial score (nSPS) is 19.1. The zero-order valence-corrected chi connectivity index (χ0v) is 12.0. The van der Waals surface area contributed by atoms with E-state index in [1.807, 2.05) is 4.31 Å². The molecule has 5 nitrogen and oxygen atoms in total. The van der Waals surface area contributed by atoms with Gasteiger partial charge in [0.15, 0.2) is 11.5 Å². The maximum atomic E-state index is 12.4. The lowest BCUT2D eigenvalue weighted by Crippen LogP contribution is -2.37. The monoisotopic (exact) mass is 285 g/mol. The van der Waals surface area contributed by atoms with Crippen LogP contribution in [0.25, 0.3) is 0 Å². The van der Waals surface area contributed by atoms with Crippen molar-refractivity contribution in [2.45, 2.75) is 23.8 Å². The average Bonchev–Trinajstić information content (AvgIpc) is 2.46. The predicted molar refractivity (Wildman–Crippen MR) is 72.8 cm³/mol. The predicted octanol–water partition coefficient (Wildman–Crippen LogP) is 1.18. The second kappa shape index (κ2) is 6.36. The number of piperidine rings is 1. The van der Waals surface area contributed by atoms with Gasteiger partial charge in [0.1, 0.15) is 11.0 Å². The molecule has 1 N–H and O–H groups in total. The molecular weight excluding hydrogens is 266 g/mol. The summed E-state index contributed by atoms with van der Waals surface area (Å²) in [6, 6.07) is 5.27. The molecule has 0 radical (unpaired) electrons. The minimum Gasteiger partial charge on any atom is -0.493 e. The number of aliphatic hydroxyl groups is 1. The highest BCUT2D eigenvalue weighted by Gasteiger charge is 2.23. The number of hydrogen-bond donors (Lipinski definition) is 1. The van der Waals surface area contributed by atoms with E-state index in [1.165, 1.54) is 0 Å². The molecule has 1 fully saturated rings. The van der Waals surface area contributed by atoms with Crippen molar-refractivity contribution in [3.05, 3.63) is 18.2 Å². The maximum absolute atomic E-state index is 12.4. The molecule has 0 bridgehead atoms. The van der Waals surface area contributed by atoms with E-state index in [4.69, 9.17) is 9.47 Å². The average molecular weight is 285 g/mol. The van der Waals surface area contributed by atoms with Gasteiger partial charge in [-0.1, -0.05) is 0 Å². The third-order valence-corrected chi connectivity index (χ3v) is 4.71. The van der Waals surface area contributed by atoms with E-state index < -0.39 is 11.0 Å². The molecule has 2 rings (SSSR count). The third-order valence-electron chi connectivity index (χ3n) is 3.21. The molecular formula is C13H19NO4S. The van der Waals surface area contributed by atoms with Crippen LogP contribution in [0.2, 0.25) is 0 Å². The van der Waals surface area contributed by atoms with E-state index in [9.17, 15) is 9.32 Å². The molecule has 0 aliphatic carbocycles. The van der Waals surface area contributed by atoms with Gasteiger partial charge < -0.3 is 14.6 Å². The van der Waals surface area contributed by atoms with Crippen LogP contribution in [0.4, 0.5) is 0 Å². The zero-order valence-electron chi connectivity index (χ0n) is 11.2. The fourth-order valence-corrected chi connectivity index (χ4v) is 3.32. The first-order valence-electron chi connectivity index (χ1n) is 6.22. The second-order valence-electron chi connectivity index (χ2n) is 4.43. The molecule has 1 unspecified atom stereocenters. The number of benzene rings is 1. The molecule has 0 saturated carbocycles. The van der Waals surface area contributed by atoms with Crippen molar-refractivity contribution < 1.29 is 18.8 Å². The highest BCUT2D eigenvalue weighted by atomic mass is 32.2. The largest absolute Gasteiger partial charge is 0.493 e. The van der Waals surface area contributed by atoms with E-state index in [-0.39, 0.29) is 6.10 Å². The summed E-state index contributed by atoms with van der Waals surface area (Å²) in [5.41, 5.74) is 0. The highest BCUT2D eigenvalue weighted by Crippen LogP contribution is 2.30. The fourth-order valence-electron chi connectivity index (χ4n) is 2.08. The lowest BCUT2D eigenvalue weighted by molar-refractivity contribution is 0.114. The van der Waals surface area contributed by atoms with Crippen molar-refractivity contribution in [2.24, 2.45) is 0 Å². The van der Waals surface area contributed by atoms with Gasteiger partial charge in [-0.25, -0.2) is 8.51 Å². The number of rotatable bonds is 4. The van der Waals surface area contributed by atoms with Gasteiger partial charge in [0, 0.05) is 19.2 Å². The quantitative estimate of drug-likeness (QED) is 0.902. The first kappa shape index (κ1) is 14.3.